The first-order chi connectivity index (χ1) is 9.29. The number of hydrogen-bond acceptors (Lipinski definition) is 3. The molecule has 1 unspecified atom stereocenters. The zero-order valence-corrected chi connectivity index (χ0v) is 12.4. The van der Waals surface area contributed by atoms with Gasteiger partial charge in [-0.25, -0.2) is 0 Å². The maximum absolute atomic E-state index is 5.54. The second kappa shape index (κ2) is 7.54. The minimum atomic E-state index is 0.297. The second-order valence-corrected chi connectivity index (χ2v) is 5.52. The van der Waals surface area contributed by atoms with Gasteiger partial charge in [0.05, 0.1) is 6.61 Å². The number of benzene rings is 1. The lowest BCUT2D eigenvalue weighted by Gasteiger charge is -2.13. The minimum absolute atomic E-state index is 0.297. The van der Waals surface area contributed by atoms with Crippen LogP contribution in [-0.4, -0.2) is 26.4 Å². The third-order valence-electron chi connectivity index (χ3n) is 3.11. The molecule has 0 spiro atoms. The van der Waals surface area contributed by atoms with Crippen molar-refractivity contribution in [3.8, 4) is 18.1 Å². The molecular weight excluding hydrogens is 306 g/mol. The molecule has 2 rings (SSSR count). The van der Waals surface area contributed by atoms with Crippen LogP contribution in [0, 0.1) is 18.3 Å². The van der Waals surface area contributed by atoms with Crippen molar-refractivity contribution in [3.63, 3.8) is 0 Å². The molecule has 0 aromatic heterocycles. The first-order valence-corrected chi connectivity index (χ1v) is 7.22. The van der Waals surface area contributed by atoms with Gasteiger partial charge in [-0.15, -0.1) is 6.42 Å². The highest BCUT2D eigenvalue weighted by atomic mass is 79.9. The highest BCUT2D eigenvalue weighted by Gasteiger charge is 2.15. The van der Waals surface area contributed by atoms with Gasteiger partial charge in [0.1, 0.15) is 12.4 Å². The van der Waals surface area contributed by atoms with E-state index in [9.17, 15) is 0 Å². The highest BCUT2D eigenvalue weighted by molar-refractivity contribution is 9.10. The van der Waals surface area contributed by atoms with E-state index in [-0.39, 0.29) is 0 Å². The van der Waals surface area contributed by atoms with Crippen LogP contribution in [0.1, 0.15) is 12.0 Å². The van der Waals surface area contributed by atoms with Gasteiger partial charge < -0.3 is 14.8 Å². The Morgan fingerprint density at radius 2 is 2.42 bits per heavy atom. The lowest BCUT2D eigenvalue weighted by atomic mass is 10.1. The molecule has 0 saturated carbocycles. The Bertz CT molecular complexity index is 450. The summed E-state index contributed by atoms with van der Waals surface area (Å²) in [5, 5.41) is 3.46. The number of halogens is 1. The van der Waals surface area contributed by atoms with Crippen LogP contribution in [0.4, 0.5) is 0 Å². The van der Waals surface area contributed by atoms with Crippen molar-refractivity contribution < 1.29 is 9.47 Å². The van der Waals surface area contributed by atoms with Crippen molar-refractivity contribution in [1.29, 1.82) is 0 Å². The third kappa shape index (κ3) is 4.54. The lowest BCUT2D eigenvalue weighted by Crippen LogP contribution is -2.23. The first-order valence-electron chi connectivity index (χ1n) is 6.42. The zero-order valence-electron chi connectivity index (χ0n) is 10.8. The van der Waals surface area contributed by atoms with Crippen LogP contribution in [0.15, 0.2) is 22.7 Å². The molecule has 1 fully saturated rings. The van der Waals surface area contributed by atoms with E-state index in [1.807, 2.05) is 12.1 Å². The van der Waals surface area contributed by atoms with E-state index in [1.54, 1.807) is 0 Å². The predicted octanol–water partition coefficient (Wildman–Crippen LogP) is 2.59. The van der Waals surface area contributed by atoms with Crippen molar-refractivity contribution in [3.05, 3.63) is 28.2 Å². The van der Waals surface area contributed by atoms with Crippen LogP contribution in [0.3, 0.4) is 0 Å². The summed E-state index contributed by atoms with van der Waals surface area (Å²) in [5.74, 6) is 3.96. The fraction of sp³-hybridized carbons (Fsp3) is 0.467. The van der Waals surface area contributed by atoms with Crippen LogP contribution >= 0.6 is 15.9 Å². The summed E-state index contributed by atoms with van der Waals surface area (Å²) >= 11 is 3.48. The molecule has 1 aliphatic heterocycles. The zero-order chi connectivity index (χ0) is 13.5. The summed E-state index contributed by atoms with van der Waals surface area (Å²) in [6.07, 6.45) is 6.37. The van der Waals surface area contributed by atoms with Crippen molar-refractivity contribution in [2.75, 3.05) is 26.4 Å². The van der Waals surface area contributed by atoms with Crippen molar-refractivity contribution in [2.24, 2.45) is 5.92 Å². The smallest absolute Gasteiger partial charge is 0.148 e. The Labute approximate surface area is 122 Å². The van der Waals surface area contributed by atoms with Crippen LogP contribution in [0.2, 0.25) is 0 Å². The molecule has 1 atom stereocenters. The van der Waals surface area contributed by atoms with Crippen LogP contribution in [-0.2, 0) is 11.3 Å². The lowest BCUT2D eigenvalue weighted by molar-refractivity contribution is 0.185. The molecule has 1 saturated heterocycles. The van der Waals surface area contributed by atoms with Gasteiger partial charge in [-0.1, -0.05) is 21.9 Å². The predicted molar refractivity (Wildman–Crippen MR) is 79.1 cm³/mol. The Morgan fingerprint density at radius 1 is 1.53 bits per heavy atom. The molecule has 3 nitrogen and oxygen atoms in total. The third-order valence-corrected chi connectivity index (χ3v) is 3.60. The molecule has 0 aliphatic carbocycles. The molecular formula is C15H18BrNO2. The monoisotopic (exact) mass is 323 g/mol. The van der Waals surface area contributed by atoms with Gasteiger partial charge in [-0.05, 0) is 30.5 Å². The molecule has 1 N–H and O–H groups in total. The number of ether oxygens (including phenoxy) is 2. The van der Waals surface area contributed by atoms with Gasteiger partial charge in [-0.3, -0.25) is 0 Å². The van der Waals surface area contributed by atoms with E-state index in [2.05, 4.69) is 33.2 Å². The Kier molecular flexibility index (Phi) is 5.71. The topological polar surface area (TPSA) is 30.5 Å². The first kappa shape index (κ1) is 14.4. The molecule has 102 valence electrons. The average Bonchev–Trinajstić information content (AvgIpc) is 2.91. The Balaban J connectivity index is 1.89. The maximum Gasteiger partial charge on any atom is 0.148 e. The second-order valence-electron chi connectivity index (χ2n) is 4.61. The largest absolute Gasteiger partial charge is 0.481 e. The van der Waals surface area contributed by atoms with E-state index in [0.29, 0.717) is 12.5 Å². The van der Waals surface area contributed by atoms with E-state index in [0.717, 1.165) is 48.5 Å². The van der Waals surface area contributed by atoms with Gasteiger partial charge >= 0.3 is 0 Å². The van der Waals surface area contributed by atoms with Crippen molar-refractivity contribution in [2.45, 2.75) is 13.0 Å². The van der Waals surface area contributed by atoms with E-state index in [1.165, 1.54) is 0 Å². The van der Waals surface area contributed by atoms with Crippen LogP contribution in [0.25, 0.3) is 0 Å². The highest BCUT2D eigenvalue weighted by Crippen LogP contribution is 2.23. The van der Waals surface area contributed by atoms with E-state index in [4.69, 9.17) is 15.9 Å². The number of hydrogen-bond donors (Lipinski definition) is 1. The Morgan fingerprint density at radius 3 is 3.16 bits per heavy atom. The number of terminal acetylenes is 1. The molecule has 0 amide bonds. The molecule has 1 aromatic rings. The van der Waals surface area contributed by atoms with Gasteiger partial charge in [0.25, 0.3) is 0 Å². The number of nitrogens with one attached hydrogen (secondary N) is 1. The fourth-order valence-electron chi connectivity index (χ4n) is 2.10. The minimum Gasteiger partial charge on any atom is -0.481 e. The molecule has 1 aromatic carbocycles. The quantitative estimate of drug-likeness (QED) is 0.816. The SMILES string of the molecule is C#CCOc1ccc(Br)cc1CNCC1CCOC1. The number of rotatable bonds is 6. The summed E-state index contributed by atoms with van der Waals surface area (Å²) in [4.78, 5) is 0. The van der Waals surface area contributed by atoms with E-state index >= 15 is 0 Å². The van der Waals surface area contributed by atoms with Crippen molar-refractivity contribution >= 4 is 15.9 Å². The summed E-state index contributed by atoms with van der Waals surface area (Å²) in [6.45, 7) is 3.80. The summed E-state index contributed by atoms with van der Waals surface area (Å²) in [5.41, 5.74) is 1.11. The summed E-state index contributed by atoms with van der Waals surface area (Å²) in [6, 6.07) is 5.96. The van der Waals surface area contributed by atoms with Gasteiger partial charge in [0.2, 0.25) is 0 Å². The fourth-order valence-corrected chi connectivity index (χ4v) is 2.51. The molecule has 19 heavy (non-hydrogen) atoms. The molecule has 4 heteroatoms. The summed E-state index contributed by atoms with van der Waals surface area (Å²) < 4.78 is 11.9. The van der Waals surface area contributed by atoms with E-state index < -0.39 is 0 Å². The average molecular weight is 324 g/mol. The molecule has 0 radical (unpaired) electrons. The van der Waals surface area contributed by atoms with Gasteiger partial charge in [0, 0.05) is 29.7 Å². The van der Waals surface area contributed by atoms with Crippen LogP contribution < -0.4 is 10.1 Å². The Hall–Kier alpha value is -1.02. The maximum atomic E-state index is 5.54. The van der Waals surface area contributed by atoms with Crippen LogP contribution in [0.5, 0.6) is 5.75 Å². The molecule has 1 heterocycles. The molecule has 1 aliphatic rings. The van der Waals surface area contributed by atoms with Gasteiger partial charge in [-0.2, -0.15) is 0 Å². The van der Waals surface area contributed by atoms with Crippen molar-refractivity contribution in [1.82, 2.24) is 5.32 Å². The standard InChI is InChI=1S/C15H18BrNO2/c1-2-6-19-15-4-3-14(16)8-13(15)10-17-9-12-5-7-18-11-12/h1,3-4,8,12,17H,5-7,9-11H2. The van der Waals surface area contributed by atoms with Gasteiger partial charge in [0.15, 0.2) is 0 Å². The molecule has 0 bridgehead atoms. The summed E-state index contributed by atoms with van der Waals surface area (Å²) in [7, 11) is 0. The normalized spacial score (nSPS) is 18.2.